The smallest absolute Gasteiger partial charge is 0.0637 e. The fourth-order valence-corrected chi connectivity index (χ4v) is 1.72. The van der Waals surface area contributed by atoms with Gasteiger partial charge in [0, 0.05) is 18.4 Å². The lowest BCUT2D eigenvalue weighted by Crippen LogP contribution is -2.10. The fourth-order valence-electron chi connectivity index (χ4n) is 1.46. The molecule has 0 saturated carbocycles. The van der Waals surface area contributed by atoms with E-state index in [1.807, 2.05) is 6.07 Å². The maximum absolute atomic E-state index is 6.02. The summed E-state index contributed by atoms with van der Waals surface area (Å²) in [5.41, 5.74) is 7.04. The molecule has 0 radical (unpaired) electrons. The largest absolute Gasteiger partial charge is 0.324 e. The minimum absolute atomic E-state index is 0.0528. The molecule has 1 aromatic heterocycles. The van der Waals surface area contributed by atoms with Gasteiger partial charge in [-0.1, -0.05) is 37.8 Å². The van der Waals surface area contributed by atoms with Gasteiger partial charge in [0.05, 0.1) is 5.02 Å². The van der Waals surface area contributed by atoms with Crippen molar-refractivity contribution < 1.29 is 0 Å². The zero-order chi connectivity index (χ0) is 10.4. The third-order valence-electron chi connectivity index (χ3n) is 2.32. The van der Waals surface area contributed by atoms with Gasteiger partial charge in [0.25, 0.3) is 0 Å². The van der Waals surface area contributed by atoms with E-state index < -0.39 is 0 Å². The maximum Gasteiger partial charge on any atom is 0.0637 e. The highest BCUT2D eigenvalue weighted by Gasteiger charge is 2.08. The molecule has 0 unspecified atom stereocenters. The summed E-state index contributed by atoms with van der Waals surface area (Å²) in [5, 5.41) is 0.677. The van der Waals surface area contributed by atoms with Gasteiger partial charge in [0.1, 0.15) is 0 Å². The second kappa shape index (κ2) is 5.99. The molecule has 3 heteroatoms. The van der Waals surface area contributed by atoms with Crippen LogP contribution in [0.15, 0.2) is 18.5 Å². The second-order valence-electron chi connectivity index (χ2n) is 3.50. The molecule has 2 N–H and O–H groups in total. The summed E-state index contributed by atoms with van der Waals surface area (Å²) in [7, 11) is 0. The maximum atomic E-state index is 6.02. The predicted molar refractivity (Wildman–Crippen MR) is 60.3 cm³/mol. The van der Waals surface area contributed by atoms with Crippen LogP contribution in [-0.2, 0) is 0 Å². The van der Waals surface area contributed by atoms with Gasteiger partial charge in [0.2, 0.25) is 0 Å². The summed E-state index contributed by atoms with van der Waals surface area (Å²) in [5.74, 6) is 0. The molecule has 2 nitrogen and oxygen atoms in total. The monoisotopic (exact) mass is 212 g/mol. The van der Waals surface area contributed by atoms with E-state index in [4.69, 9.17) is 17.3 Å². The van der Waals surface area contributed by atoms with Crippen LogP contribution in [0.4, 0.5) is 0 Å². The first kappa shape index (κ1) is 11.5. The standard InChI is InChI=1S/C11H17ClN2/c1-2-3-4-5-11(13)9-6-7-14-8-10(9)12/h6-8,11H,2-5,13H2,1H3/t11-/m1/s1. The van der Waals surface area contributed by atoms with Crippen molar-refractivity contribution in [1.82, 2.24) is 4.98 Å². The van der Waals surface area contributed by atoms with Crippen LogP contribution < -0.4 is 5.73 Å². The summed E-state index contributed by atoms with van der Waals surface area (Å²) >= 11 is 5.99. The van der Waals surface area contributed by atoms with Crippen molar-refractivity contribution in [3.8, 4) is 0 Å². The molecular formula is C11H17ClN2. The van der Waals surface area contributed by atoms with Crippen LogP contribution in [0.1, 0.15) is 44.2 Å². The van der Waals surface area contributed by atoms with Crippen molar-refractivity contribution in [2.75, 3.05) is 0 Å². The minimum atomic E-state index is 0.0528. The lowest BCUT2D eigenvalue weighted by atomic mass is 10.0. The van der Waals surface area contributed by atoms with Crippen LogP contribution in [0.25, 0.3) is 0 Å². The van der Waals surface area contributed by atoms with E-state index in [1.54, 1.807) is 12.4 Å². The Morgan fingerprint density at radius 2 is 2.29 bits per heavy atom. The number of rotatable bonds is 5. The Labute approximate surface area is 90.5 Å². The molecule has 0 aliphatic heterocycles. The van der Waals surface area contributed by atoms with E-state index in [1.165, 1.54) is 12.8 Å². The van der Waals surface area contributed by atoms with E-state index in [0.29, 0.717) is 5.02 Å². The lowest BCUT2D eigenvalue weighted by molar-refractivity contribution is 0.581. The zero-order valence-corrected chi connectivity index (χ0v) is 9.30. The van der Waals surface area contributed by atoms with Crippen molar-refractivity contribution in [3.63, 3.8) is 0 Å². The molecule has 0 saturated heterocycles. The van der Waals surface area contributed by atoms with Crippen LogP contribution in [-0.4, -0.2) is 4.98 Å². The van der Waals surface area contributed by atoms with Gasteiger partial charge in [-0.2, -0.15) is 0 Å². The normalized spacial score (nSPS) is 12.8. The molecule has 1 rings (SSSR count). The minimum Gasteiger partial charge on any atom is -0.324 e. The molecule has 0 spiro atoms. The number of aromatic nitrogens is 1. The molecule has 1 heterocycles. The number of nitrogens with two attached hydrogens (primary N) is 1. The number of unbranched alkanes of at least 4 members (excludes halogenated alkanes) is 2. The molecule has 0 aromatic carbocycles. The molecule has 1 atom stereocenters. The Morgan fingerprint density at radius 1 is 1.50 bits per heavy atom. The topological polar surface area (TPSA) is 38.9 Å². The van der Waals surface area contributed by atoms with Gasteiger partial charge in [-0.05, 0) is 18.1 Å². The van der Waals surface area contributed by atoms with Crippen molar-refractivity contribution in [3.05, 3.63) is 29.0 Å². The van der Waals surface area contributed by atoms with E-state index in [-0.39, 0.29) is 6.04 Å². The van der Waals surface area contributed by atoms with Gasteiger partial charge in [-0.3, -0.25) is 4.98 Å². The first-order chi connectivity index (χ1) is 6.75. The lowest BCUT2D eigenvalue weighted by Gasteiger charge is -2.12. The fraction of sp³-hybridized carbons (Fsp3) is 0.545. The third-order valence-corrected chi connectivity index (χ3v) is 2.64. The Bertz CT molecular complexity index is 276. The van der Waals surface area contributed by atoms with Crippen LogP contribution in [0.2, 0.25) is 5.02 Å². The van der Waals surface area contributed by atoms with Gasteiger partial charge in [-0.25, -0.2) is 0 Å². The number of halogens is 1. The first-order valence-electron chi connectivity index (χ1n) is 5.10. The number of hydrogen-bond donors (Lipinski definition) is 1. The van der Waals surface area contributed by atoms with E-state index in [2.05, 4.69) is 11.9 Å². The number of hydrogen-bond acceptors (Lipinski definition) is 2. The number of pyridine rings is 1. The summed E-state index contributed by atoms with van der Waals surface area (Å²) in [6.45, 7) is 2.19. The Balaban J connectivity index is 2.51. The number of nitrogens with zero attached hydrogens (tertiary/aromatic N) is 1. The van der Waals surface area contributed by atoms with Gasteiger partial charge < -0.3 is 5.73 Å². The SMILES string of the molecule is CCCCC[C@@H](N)c1ccncc1Cl. The van der Waals surface area contributed by atoms with Gasteiger partial charge >= 0.3 is 0 Å². The third kappa shape index (κ3) is 3.28. The molecule has 0 fully saturated rings. The van der Waals surface area contributed by atoms with Crippen LogP contribution in [0, 0.1) is 0 Å². The van der Waals surface area contributed by atoms with Crippen molar-refractivity contribution in [1.29, 1.82) is 0 Å². The van der Waals surface area contributed by atoms with Crippen molar-refractivity contribution in [2.24, 2.45) is 5.73 Å². The quantitative estimate of drug-likeness (QED) is 0.761. The molecule has 78 valence electrons. The highest BCUT2D eigenvalue weighted by atomic mass is 35.5. The van der Waals surface area contributed by atoms with E-state index in [0.717, 1.165) is 18.4 Å². The predicted octanol–water partition coefficient (Wildman–Crippen LogP) is 3.32. The van der Waals surface area contributed by atoms with Crippen LogP contribution >= 0.6 is 11.6 Å². The average Bonchev–Trinajstić information content (AvgIpc) is 2.18. The molecule has 0 bridgehead atoms. The van der Waals surface area contributed by atoms with E-state index in [9.17, 15) is 0 Å². The Hall–Kier alpha value is -0.600. The second-order valence-corrected chi connectivity index (χ2v) is 3.91. The summed E-state index contributed by atoms with van der Waals surface area (Å²) in [4.78, 5) is 3.94. The van der Waals surface area contributed by atoms with Crippen LogP contribution in [0.3, 0.4) is 0 Å². The Morgan fingerprint density at radius 3 is 2.93 bits per heavy atom. The first-order valence-corrected chi connectivity index (χ1v) is 5.48. The molecule has 1 aromatic rings. The Kier molecular flexibility index (Phi) is 4.91. The molecule has 14 heavy (non-hydrogen) atoms. The summed E-state index contributed by atoms with van der Waals surface area (Å²) < 4.78 is 0. The zero-order valence-electron chi connectivity index (χ0n) is 8.54. The summed E-state index contributed by atoms with van der Waals surface area (Å²) in [6.07, 6.45) is 8.00. The van der Waals surface area contributed by atoms with Crippen molar-refractivity contribution >= 4 is 11.6 Å². The van der Waals surface area contributed by atoms with E-state index >= 15 is 0 Å². The van der Waals surface area contributed by atoms with Gasteiger partial charge in [-0.15, -0.1) is 0 Å². The molecule has 0 aliphatic rings. The highest BCUT2D eigenvalue weighted by molar-refractivity contribution is 6.31. The summed E-state index contributed by atoms with van der Waals surface area (Å²) in [6, 6.07) is 1.95. The van der Waals surface area contributed by atoms with Crippen molar-refractivity contribution in [2.45, 2.75) is 38.6 Å². The molecule has 0 amide bonds. The highest BCUT2D eigenvalue weighted by Crippen LogP contribution is 2.23. The molecular weight excluding hydrogens is 196 g/mol. The van der Waals surface area contributed by atoms with Gasteiger partial charge in [0.15, 0.2) is 0 Å². The van der Waals surface area contributed by atoms with Crippen LogP contribution in [0.5, 0.6) is 0 Å². The molecule has 0 aliphatic carbocycles. The average molecular weight is 213 g/mol.